The number of rotatable bonds is 6. The summed E-state index contributed by atoms with van der Waals surface area (Å²) < 4.78 is 10.7. The highest BCUT2D eigenvalue weighted by Crippen LogP contribution is 2.17. The maximum atomic E-state index is 12.6. The normalized spacial score (nSPS) is 17.2. The summed E-state index contributed by atoms with van der Waals surface area (Å²) >= 11 is 0. The van der Waals surface area contributed by atoms with Crippen LogP contribution in [0.1, 0.15) is 35.4 Å². The molecule has 0 fully saturated rings. The van der Waals surface area contributed by atoms with Gasteiger partial charge >= 0.3 is 0 Å². The van der Waals surface area contributed by atoms with Crippen LogP contribution in [0.2, 0.25) is 0 Å². The molecule has 3 rings (SSSR count). The summed E-state index contributed by atoms with van der Waals surface area (Å²) in [6, 6.07) is 0. The SMILES string of the molecule is COCc1nnn(-c2nonc2N)c1C(=O)N/N=C\[C@H]1CC=CCC1. The summed E-state index contributed by atoms with van der Waals surface area (Å²) in [5.41, 5.74) is 8.57. The number of nitrogens with one attached hydrogen (secondary N) is 1. The zero-order chi connectivity index (χ0) is 17.6. The fourth-order valence-corrected chi connectivity index (χ4v) is 2.47. The molecule has 0 saturated carbocycles. The molecule has 11 nitrogen and oxygen atoms in total. The molecule has 132 valence electrons. The van der Waals surface area contributed by atoms with Crippen molar-refractivity contribution in [3.05, 3.63) is 23.5 Å². The fourth-order valence-electron chi connectivity index (χ4n) is 2.47. The molecule has 0 bridgehead atoms. The second kappa shape index (κ2) is 7.66. The quantitative estimate of drug-likeness (QED) is 0.435. The monoisotopic (exact) mass is 346 g/mol. The largest absolute Gasteiger partial charge is 0.378 e. The minimum absolute atomic E-state index is 0.0135. The van der Waals surface area contributed by atoms with Crippen LogP contribution in [0, 0.1) is 5.92 Å². The lowest BCUT2D eigenvalue weighted by atomic mass is 9.96. The van der Waals surface area contributed by atoms with Gasteiger partial charge in [0.2, 0.25) is 11.6 Å². The molecular weight excluding hydrogens is 328 g/mol. The number of allylic oxidation sites excluding steroid dienone is 2. The lowest BCUT2D eigenvalue weighted by Crippen LogP contribution is -2.24. The Morgan fingerprint density at radius 2 is 2.44 bits per heavy atom. The molecule has 0 aliphatic heterocycles. The van der Waals surface area contributed by atoms with E-state index in [0.717, 1.165) is 23.9 Å². The molecule has 0 aromatic carbocycles. The van der Waals surface area contributed by atoms with Crippen LogP contribution in [0.15, 0.2) is 21.9 Å². The van der Waals surface area contributed by atoms with Crippen molar-refractivity contribution >= 4 is 17.9 Å². The Kier molecular flexibility index (Phi) is 5.14. The maximum absolute atomic E-state index is 12.6. The van der Waals surface area contributed by atoms with Gasteiger partial charge in [-0.1, -0.05) is 17.4 Å². The van der Waals surface area contributed by atoms with Gasteiger partial charge in [-0.25, -0.2) is 10.1 Å². The summed E-state index contributed by atoms with van der Waals surface area (Å²) in [6.45, 7) is 0.0884. The van der Waals surface area contributed by atoms with Gasteiger partial charge in [0.15, 0.2) is 5.69 Å². The summed E-state index contributed by atoms with van der Waals surface area (Å²) in [4.78, 5) is 12.6. The number of anilines is 1. The summed E-state index contributed by atoms with van der Waals surface area (Å²) in [6.07, 6.45) is 8.91. The number of hydrogen-bond donors (Lipinski definition) is 2. The number of hydrogen-bond acceptors (Lipinski definition) is 9. The summed E-state index contributed by atoms with van der Waals surface area (Å²) in [5.74, 6) is -0.147. The number of nitrogens with zero attached hydrogens (tertiary/aromatic N) is 6. The number of methoxy groups -OCH3 is 1. The molecule has 1 aliphatic carbocycles. The Morgan fingerprint density at radius 3 is 3.12 bits per heavy atom. The number of nitrogen functional groups attached to an aromatic ring is 1. The minimum Gasteiger partial charge on any atom is -0.378 e. The summed E-state index contributed by atoms with van der Waals surface area (Å²) in [5, 5.41) is 19.0. The van der Waals surface area contributed by atoms with Gasteiger partial charge in [0.1, 0.15) is 5.69 Å². The van der Waals surface area contributed by atoms with Crippen LogP contribution in [0.3, 0.4) is 0 Å². The van der Waals surface area contributed by atoms with Gasteiger partial charge in [-0.3, -0.25) is 4.79 Å². The Hall–Kier alpha value is -3.08. The molecule has 0 spiro atoms. The van der Waals surface area contributed by atoms with Gasteiger partial charge in [-0.05, 0) is 35.5 Å². The molecular formula is C14H18N8O3. The van der Waals surface area contributed by atoms with E-state index in [4.69, 9.17) is 10.5 Å². The average molecular weight is 346 g/mol. The lowest BCUT2D eigenvalue weighted by Gasteiger charge is -2.11. The van der Waals surface area contributed by atoms with Crippen molar-refractivity contribution in [2.45, 2.75) is 25.9 Å². The molecule has 25 heavy (non-hydrogen) atoms. The first-order valence-electron chi connectivity index (χ1n) is 7.71. The van der Waals surface area contributed by atoms with Crippen LogP contribution in [0.4, 0.5) is 5.82 Å². The van der Waals surface area contributed by atoms with Gasteiger partial charge in [0.05, 0.1) is 6.61 Å². The van der Waals surface area contributed by atoms with Crippen LogP contribution in [-0.4, -0.2) is 44.5 Å². The van der Waals surface area contributed by atoms with E-state index in [0.29, 0.717) is 11.6 Å². The minimum atomic E-state index is -0.512. The smallest absolute Gasteiger partial charge is 0.292 e. The fraction of sp³-hybridized carbons (Fsp3) is 0.429. The molecule has 1 atom stereocenters. The highest BCUT2D eigenvalue weighted by molar-refractivity contribution is 5.94. The highest BCUT2D eigenvalue weighted by Gasteiger charge is 2.24. The predicted octanol–water partition coefficient (Wildman–Crippen LogP) is 0.451. The van der Waals surface area contributed by atoms with Crippen LogP contribution in [0.5, 0.6) is 0 Å². The Balaban J connectivity index is 1.80. The van der Waals surface area contributed by atoms with E-state index < -0.39 is 5.91 Å². The van der Waals surface area contributed by atoms with Crippen molar-refractivity contribution in [2.75, 3.05) is 12.8 Å². The van der Waals surface area contributed by atoms with Gasteiger partial charge in [0, 0.05) is 13.3 Å². The number of nitrogens with two attached hydrogens (primary N) is 1. The zero-order valence-corrected chi connectivity index (χ0v) is 13.6. The first-order valence-corrected chi connectivity index (χ1v) is 7.71. The van der Waals surface area contributed by atoms with Crippen LogP contribution in [-0.2, 0) is 11.3 Å². The molecule has 0 radical (unpaired) electrons. The van der Waals surface area contributed by atoms with Crippen molar-refractivity contribution in [2.24, 2.45) is 11.0 Å². The molecule has 0 saturated heterocycles. The molecule has 0 unspecified atom stereocenters. The van der Waals surface area contributed by atoms with E-state index in [2.05, 4.69) is 47.9 Å². The van der Waals surface area contributed by atoms with Gasteiger partial charge in [-0.15, -0.1) is 5.10 Å². The van der Waals surface area contributed by atoms with Crippen LogP contribution < -0.4 is 11.2 Å². The molecule has 2 aromatic rings. The molecule has 1 aliphatic rings. The van der Waals surface area contributed by atoms with Gasteiger partial charge in [0.25, 0.3) is 5.91 Å². The van der Waals surface area contributed by atoms with E-state index in [9.17, 15) is 4.79 Å². The van der Waals surface area contributed by atoms with Crippen LogP contribution in [0.25, 0.3) is 5.82 Å². The maximum Gasteiger partial charge on any atom is 0.292 e. The number of hydrazone groups is 1. The van der Waals surface area contributed by atoms with Crippen molar-refractivity contribution in [3.63, 3.8) is 0 Å². The molecule has 3 N–H and O–H groups in total. The standard InChI is InChI=1S/C14H18N8O3/c1-24-8-10-11(22(21-17-10)13-12(15)19-25-20-13)14(23)18-16-7-9-5-3-2-4-6-9/h2-3,7,9H,4-6,8H2,1H3,(H2,15,19)(H,18,23)/b16-7-/t9-/m0/s1. The molecule has 2 aromatic heterocycles. The van der Waals surface area contributed by atoms with Crippen molar-refractivity contribution in [1.82, 2.24) is 30.7 Å². The number of ether oxygens (including phenoxy) is 1. The number of amides is 1. The highest BCUT2D eigenvalue weighted by atomic mass is 16.6. The van der Waals surface area contributed by atoms with Gasteiger partial charge < -0.3 is 10.5 Å². The van der Waals surface area contributed by atoms with E-state index in [-0.39, 0.29) is 23.9 Å². The average Bonchev–Trinajstić information content (AvgIpc) is 3.22. The third-order valence-electron chi connectivity index (χ3n) is 3.69. The Labute approximate surface area is 142 Å². The predicted molar refractivity (Wildman–Crippen MR) is 86.8 cm³/mol. The number of aromatic nitrogens is 5. The third kappa shape index (κ3) is 3.71. The summed E-state index contributed by atoms with van der Waals surface area (Å²) in [7, 11) is 1.49. The van der Waals surface area contributed by atoms with Crippen LogP contribution >= 0.6 is 0 Å². The lowest BCUT2D eigenvalue weighted by molar-refractivity contribution is 0.0941. The van der Waals surface area contributed by atoms with Crippen molar-refractivity contribution in [1.29, 1.82) is 0 Å². The zero-order valence-electron chi connectivity index (χ0n) is 13.6. The molecule has 11 heteroatoms. The second-order valence-corrected chi connectivity index (χ2v) is 5.47. The first kappa shape index (κ1) is 16.8. The Morgan fingerprint density at radius 1 is 1.56 bits per heavy atom. The number of carbonyl (C=O) groups is 1. The van der Waals surface area contributed by atoms with E-state index in [1.165, 1.54) is 7.11 Å². The van der Waals surface area contributed by atoms with E-state index in [1.54, 1.807) is 6.21 Å². The van der Waals surface area contributed by atoms with E-state index in [1.807, 2.05) is 0 Å². The Bertz CT molecular complexity index is 794. The second-order valence-electron chi connectivity index (χ2n) is 5.47. The molecule has 1 amide bonds. The topological polar surface area (TPSA) is 146 Å². The number of carbonyl (C=O) groups excluding carboxylic acids is 1. The van der Waals surface area contributed by atoms with E-state index >= 15 is 0 Å². The van der Waals surface area contributed by atoms with Crippen molar-refractivity contribution < 1.29 is 14.2 Å². The molecule has 2 heterocycles. The van der Waals surface area contributed by atoms with Crippen molar-refractivity contribution in [3.8, 4) is 5.82 Å². The van der Waals surface area contributed by atoms with Gasteiger partial charge in [-0.2, -0.15) is 9.78 Å². The first-order chi connectivity index (χ1) is 12.2. The third-order valence-corrected chi connectivity index (χ3v) is 3.69.